The second-order valence-electron chi connectivity index (χ2n) is 8.41. The van der Waals surface area contributed by atoms with Crippen LogP contribution >= 0.6 is 0 Å². The highest BCUT2D eigenvalue weighted by atomic mass is 16.5. The largest absolute Gasteiger partial charge is 0.491 e. The fourth-order valence-electron chi connectivity index (χ4n) is 4.29. The lowest BCUT2D eigenvalue weighted by Crippen LogP contribution is -2.28. The van der Waals surface area contributed by atoms with Gasteiger partial charge in [0, 0.05) is 23.2 Å². The number of nitrogens with zero attached hydrogens (tertiary/aromatic N) is 1. The number of ether oxygens (including phenoxy) is 1. The van der Waals surface area contributed by atoms with Crippen molar-refractivity contribution in [3.8, 4) is 5.75 Å². The number of piperidine rings is 1. The number of benzene rings is 1. The van der Waals surface area contributed by atoms with Gasteiger partial charge in [-0.15, -0.1) is 0 Å². The second kappa shape index (κ2) is 8.88. The summed E-state index contributed by atoms with van der Waals surface area (Å²) in [6, 6.07) is 12.1. The number of carbonyl (C=O) groups is 1. The molecular weight excluding hydrogens is 378 g/mol. The lowest BCUT2D eigenvalue weighted by atomic mass is 9.82. The van der Waals surface area contributed by atoms with E-state index >= 15 is 0 Å². The van der Waals surface area contributed by atoms with E-state index in [9.17, 15) is 9.90 Å². The molecule has 6 nitrogen and oxygen atoms in total. The van der Waals surface area contributed by atoms with Gasteiger partial charge in [0.1, 0.15) is 11.4 Å². The van der Waals surface area contributed by atoms with Crippen LogP contribution in [0.4, 0.5) is 0 Å². The van der Waals surface area contributed by atoms with Gasteiger partial charge in [-0.3, -0.25) is 0 Å². The van der Waals surface area contributed by atoms with Gasteiger partial charge in [0.2, 0.25) is 0 Å². The van der Waals surface area contributed by atoms with Crippen molar-refractivity contribution < 1.29 is 14.6 Å². The van der Waals surface area contributed by atoms with E-state index in [0.717, 1.165) is 42.0 Å². The first-order valence-electron chi connectivity index (χ1n) is 10.7. The van der Waals surface area contributed by atoms with Gasteiger partial charge in [-0.05, 0) is 81.9 Å². The normalized spacial score (nSPS) is 16.1. The Balaban J connectivity index is 1.67. The number of carboxylic acid groups (broad SMARTS) is 1. The fourth-order valence-corrected chi connectivity index (χ4v) is 4.29. The highest BCUT2D eigenvalue weighted by Gasteiger charge is 2.23. The van der Waals surface area contributed by atoms with E-state index in [0.29, 0.717) is 5.92 Å². The Bertz CT molecular complexity index is 1000. The summed E-state index contributed by atoms with van der Waals surface area (Å²) in [6.45, 7) is 6.18. The molecule has 3 heterocycles. The molecule has 1 atom stereocenters. The molecule has 0 bridgehead atoms. The van der Waals surface area contributed by atoms with E-state index in [1.54, 1.807) is 6.07 Å². The molecule has 0 aliphatic carbocycles. The van der Waals surface area contributed by atoms with Gasteiger partial charge in [0.15, 0.2) is 0 Å². The van der Waals surface area contributed by atoms with Gasteiger partial charge in [0.25, 0.3) is 0 Å². The number of nitrogens with one attached hydrogen (secondary N) is 2. The number of carboxylic acids is 1. The third-order valence-electron chi connectivity index (χ3n) is 5.80. The predicted molar refractivity (Wildman–Crippen MR) is 117 cm³/mol. The first kappa shape index (κ1) is 20.4. The lowest BCUT2D eigenvalue weighted by molar-refractivity contribution is 0.0696. The quantitative estimate of drug-likeness (QED) is 0.534. The van der Waals surface area contributed by atoms with Crippen molar-refractivity contribution in [1.29, 1.82) is 0 Å². The molecule has 6 heteroatoms. The van der Waals surface area contributed by atoms with E-state index in [1.807, 2.05) is 26.0 Å². The van der Waals surface area contributed by atoms with Crippen LogP contribution in [0.5, 0.6) is 5.75 Å². The van der Waals surface area contributed by atoms with E-state index in [1.165, 1.54) is 24.6 Å². The average molecular weight is 408 g/mol. The van der Waals surface area contributed by atoms with Crippen LogP contribution in [0, 0.1) is 5.92 Å². The van der Waals surface area contributed by atoms with Crippen molar-refractivity contribution in [3.63, 3.8) is 0 Å². The Labute approximate surface area is 176 Å². The minimum atomic E-state index is -0.959. The van der Waals surface area contributed by atoms with Crippen LogP contribution in [0.25, 0.3) is 11.0 Å². The molecule has 0 radical (unpaired) electrons. The molecule has 0 saturated carbocycles. The van der Waals surface area contributed by atoms with Crippen LogP contribution in [0.15, 0.2) is 42.6 Å². The average Bonchev–Trinajstić information content (AvgIpc) is 3.16. The van der Waals surface area contributed by atoms with Crippen LogP contribution in [0.3, 0.4) is 0 Å². The molecule has 3 aromatic rings. The molecule has 1 aromatic carbocycles. The van der Waals surface area contributed by atoms with Crippen molar-refractivity contribution in [1.82, 2.24) is 15.3 Å². The summed E-state index contributed by atoms with van der Waals surface area (Å²) in [4.78, 5) is 19.1. The first-order chi connectivity index (χ1) is 14.5. The SMILES string of the molecule is CC(C)Oc1ccc(C(CC2CCNCC2)c2cc3cc(C(=O)O)cnc3[nH]2)cc1. The number of hydrogen-bond acceptors (Lipinski definition) is 4. The molecule has 1 aliphatic rings. The molecule has 158 valence electrons. The summed E-state index contributed by atoms with van der Waals surface area (Å²) in [6.07, 6.45) is 4.94. The summed E-state index contributed by atoms with van der Waals surface area (Å²) < 4.78 is 5.81. The molecule has 1 aliphatic heterocycles. The van der Waals surface area contributed by atoms with Crippen molar-refractivity contribution in [2.45, 2.75) is 45.1 Å². The van der Waals surface area contributed by atoms with Crippen molar-refractivity contribution >= 4 is 17.0 Å². The van der Waals surface area contributed by atoms with Gasteiger partial charge >= 0.3 is 5.97 Å². The Morgan fingerprint density at radius 3 is 2.60 bits per heavy atom. The number of H-pyrrole nitrogens is 1. The van der Waals surface area contributed by atoms with Crippen molar-refractivity contribution in [2.75, 3.05) is 13.1 Å². The molecule has 1 unspecified atom stereocenters. The Morgan fingerprint density at radius 1 is 1.20 bits per heavy atom. The molecule has 0 amide bonds. The van der Waals surface area contributed by atoms with Crippen molar-refractivity contribution in [3.05, 3.63) is 59.4 Å². The van der Waals surface area contributed by atoms with Crippen LogP contribution in [0.2, 0.25) is 0 Å². The molecule has 0 spiro atoms. The Kier molecular flexibility index (Phi) is 6.04. The van der Waals surface area contributed by atoms with Crippen LogP contribution in [-0.4, -0.2) is 40.2 Å². The molecule has 2 aromatic heterocycles. The summed E-state index contributed by atoms with van der Waals surface area (Å²) in [5.41, 5.74) is 3.24. The minimum absolute atomic E-state index is 0.143. The third-order valence-corrected chi connectivity index (χ3v) is 5.80. The third kappa shape index (κ3) is 4.65. The zero-order valence-electron chi connectivity index (χ0n) is 17.5. The van der Waals surface area contributed by atoms with Gasteiger partial charge in [-0.1, -0.05) is 12.1 Å². The standard InChI is InChI=1S/C24H29N3O3/c1-15(2)30-20-5-3-17(4-6-20)21(11-16-7-9-25-10-8-16)22-13-18-12-19(24(28)29)14-26-23(18)27-22/h3-6,12-16,21,25H,7-11H2,1-2H3,(H,26,27)(H,28,29). The monoisotopic (exact) mass is 407 g/mol. The number of hydrogen-bond donors (Lipinski definition) is 3. The highest BCUT2D eigenvalue weighted by Crippen LogP contribution is 2.35. The number of fused-ring (bicyclic) bond motifs is 1. The van der Waals surface area contributed by atoms with Crippen LogP contribution in [0.1, 0.15) is 60.6 Å². The van der Waals surface area contributed by atoms with Gasteiger partial charge in [-0.25, -0.2) is 9.78 Å². The van der Waals surface area contributed by atoms with Crippen LogP contribution in [-0.2, 0) is 0 Å². The van der Waals surface area contributed by atoms with Gasteiger partial charge in [-0.2, -0.15) is 0 Å². The lowest BCUT2D eigenvalue weighted by Gasteiger charge is -2.27. The first-order valence-corrected chi connectivity index (χ1v) is 10.7. The molecule has 4 rings (SSSR count). The van der Waals surface area contributed by atoms with E-state index in [2.05, 4.69) is 33.5 Å². The molecule has 3 N–H and O–H groups in total. The number of rotatable bonds is 7. The van der Waals surface area contributed by atoms with E-state index in [-0.39, 0.29) is 17.6 Å². The summed E-state index contributed by atoms with van der Waals surface area (Å²) in [7, 11) is 0. The molecule has 30 heavy (non-hydrogen) atoms. The van der Waals surface area contributed by atoms with Gasteiger partial charge in [0.05, 0.1) is 11.7 Å². The van der Waals surface area contributed by atoms with Crippen LogP contribution < -0.4 is 10.1 Å². The highest BCUT2D eigenvalue weighted by molar-refractivity contribution is 5.92. The Morgan fingerprint density at radius 2 is 1.93 bits per heavy atom. The predicted octanol–water partition coefficient (Wildman–Crippen LogP) is 4.57. The van der Waals surface area contributed by atoms with Gasteiger partial charge < -0.3 is 20.1 Å². The maximum Gasteiger partial charge on any atom is 0.337 e. The number of aromatic amines is 1. The van der Waals surface area contributed by atoms with E-state index < -0.39 is 5.97 Å². The second-order valence-corrected chi connectivity index (χ2v) is 8.41. The molecular formula is C24H29N3O3. The fraction of sp³-hybridized carbons (Fsp3) is 0.417. The minimum Gasteiger partial charge on any atom is -0.491 e. The topological polar surface area (TPSA) is 87.2 Å². The maximum atomic E-state index is 11.3. The maximum absolute atomic E-state index is 11.3. The summed E-state index contributed by atoms with van der Waals surface area (Å²) >= 11 is 0. The number of aromatic carboxylic acids is 1. The summed E-state index contributed by atoms with van der Waals surface area (Å²) in [5, 5.41) is 13.5. The zero-order chi connectivity index (χ0) is 21.1. The zero-order valence-corrected chi connectivity index (χ0v) is 17.5. The Hall–Kier alpha value is -2.86. The van der Waals surface area contributed by atoms with E-state index in [4.69, 9.17) is 4.74 Å². The number of aromatic nitrogens is 2. The molecule has 1 fully saturated rings. The van der Waals surface area contributed by atoms with Crippen molar-refractivity contribution in [2.24, 2.45) is 5.92 Å². The molecule has 1 saturated heterocycles. The smallest absolute Gasteiger partial charge is 0.337 e. The number of pyridine rings is 1. The summed E-state index contributed by atoms with van der Waals surface area (Å²) in [5.74, 6) is 0.762.